The van der Waals surface area contributed by atoms with Gasteiger partial charge in [0.15, 0.2) is 0 Å². The standard InChI is InChI=1S/C7H11N3/c1-6(8)4-7-5-9-2-3-10-7/h2-3,5-6H,4,8H2,1H3. The maximum absolute atomic E-state index is 5.56. The number of nitrogens with two attached hydrogens (primary N) is 1. The van der Waals surface area contributed by atoms with E-state index in [9.17, 15) is 0 Å². The van der Waals surface area contributed by atoms with Crippen LogP contribution in [0, 0.1) is 0 Å². The van der Waals surface area contributed by atoms with Crippen molar-refractivity contribution >= 4 is 0 Å². The Kier molecular flexibility index (Phi) is 2.34. The van der Waals surface area contributed by atoms with Gasteiger partial charge in [-0.15, -0.1) is 0 Å². The molecule has 0 saturated carbocycles. The molecule has 1 rings (SSSR count). The van der Waals surface area contributed by atoms with Gasteiger partial charge < -0.3 is 5.73 Å². The van der Waals surface area contributed by atoms with Gasteiger partial charge in [-0.3, -0.25) is 9.97 Å². The second-order valence-electron chi connectivity index (χ2n) is 2.38. The molecule has 0 saturated heterocycles. The lowest BCUT2D eigenvalue weighted by atomic mass is 10.2. The molecule has 0 radical (unpaired) electrons. The maximum atomic E-state index is 5.56. The van der Waals surface area contributed by atoms with Crippen molar-refractivity contribution in [2.24, 2.45) is 5.73 Å². The van der Waals surface area contributed by atoms with E-state index in [1.165, 1.54) is 0 Å². The minimum atomic E-state index is 0.164. The molecule has 0 bridgehead atoms. The fourth-order valence-electron chi connectivity index (χ4n) is 0.765. The third-order valence-electron chi connectivity index (χ3n) is 1.15. The van der Waals surface area contributed by atoms with Crippen LogP contribution in [0.2, 0.25) is 0 Å². The van der Waals surface area contributed by atoms with E-state index in [4.69, 9.17) is 5.73 Å². The van der Waals surface area contributed by atoms with Crippen LogP contribution in [0.1, 0.15) is 12.6 Å². The summed E-state index contributed by atoms with van der Waals surface area (Å²) in [5.41, 5.74) is 6.51. The minimum Gasteiger partial charge on any atom is -0.328 e. The average molecular weight is 137 g/mol. The van der Waals surface area contributed by atoms with Crippen LogP contribution >= 0.6 is 0 Å². The summed E-state index contributed by atoms with van der Waals surface area (Å²) in [6, 6.07) is 0.164. The number of nitrogens with zero attached hydrogens (tertiary/aromatic N) is 2. The molecule has 0 spiro atoms. The Balaban J connectivity index is 2.59. The van der Waals surface area contributed by atoms with Crippen molar-refractivity contribution in [3.63, 3.8) is 0 Å². The van der Waals surface area contributed by atoms with E-state index in [-0.39, 0.29) is 6.04 Å². The molecule has 3 nitrogen and oxygen atoms in total. The van der Waals surface area contributed by atoms with Gasteiger partial charge in [0.1, 0.15) is 0 Å². The molecule has 10 heavy (non-hydrogen) atoms. The zero-order valence-corrected chi connectivity index (χ0v) is 5.99. The summed E-state index contributed by atoms with van der Waals surface area (Å²) in [6.45, 7) is 1.95. The summed E-state index contributed by atoms with van der Waals surface area (Å²) in [4.78, 5) is 8.00. The fourth-order valence-corrected chi connectivity index (χ4v) is 0.765. The molecular weight excluding hydrogens is 126 g/mol. The Labute approximate surface area is 60.3 Å². The van der Waals surface area contributed by atoms with Crippen LogP contribution < -0.4 is 5.73 Å². The van der Waals surface area contributed by atoms with Crippen molar-refractivity contribution in [1.82, 2.24) is 9.97 Å². The first-order valence-corrected chi connectivity index (χ1v) is 3.29. The van der Waals surface area contributed by atoms with E-state index in [2.05, 4.69) is 9.97 Å². The quantitative estimate of drug-likeness (QED) is 0.640. The molecule has 1 atom stereocenters. The molecular formula is C7H11N3. The Bertz CT molecular complexity index is 183. The second kappa shape index (κ2) is 3.27. The van der Waals surface area contributed by atoms with E-state index >= 15 is 0 Å². The van der Waals surface area contributed by atoms with Crippen molar-refractivity contribution in [2.75, 3.05) is 0 Å². The lowest BCUT2D eigenvalue weighted by molar-refractivity contribution is 0.718. The molecule has 54 valence electrons. The second-order valence-corrected chi connectivity index (χ2v) is 2.38. The van der Waals surface area contributed by atoms with Gasteiger partial charge in [0.2, 0.25) is 0 Å². The number of hydrogen-bond donors (Lipinski definition) is 1. The van der Waals surface area contributed by atoms with Crippen molar-refractivity contribution in [3.05, 3.63) is 24.3 Å². The van der Waals surface area contributed by atoms with Crippen molar-refractivity contribution in [2.45, 2.75) is 19.4 Å². The van der Waals surface area contributed by atoms with Gasteiger partial charge in [0.05, 0.1) is 5.69 Å². The molecule has 0 amide bonds. The van der Waals surface area contributed by atoms with Crippen LogP contribution in [0.4, 0.5) is 0 Å². The molecule has 3 heteroatoms. The number of rotatable bonds is 2. The van der Waals surface area contributed by atoms with Gasteiger partial charge in [0.25, 0.3) is 0 Å². The van der Waals surface area contributed by atoms with Crippen molar-refractivity contribution in [3.8, 4) is 0 Å². The van der Waals surface area contributed by atoms with Crippen molar-refractivity contribution < 1.29 is 0 Å². The molecule has 1 heterocycles. The summed E-state index contributed by atoms with van der Waals surface area (Å²) in [5.74, 6) is 0. The number of aromatic nitrogens is 2. The smallest absolute Gasteiger partial charge is 0.0601 e. The molecule has 0 fully saturated rings. The molecule has 0 aliphatic carbocycles. The first kappa shape index (κ1) is 7.15. The van der Waals surface area contributed by atoms with Gasteiger partial charge in [-0.25, -0.2) is 0 Å². The lowest BCUT2D eigenvalue weighted by Gasteiger charge is -2.01. The minimum absolute atomic E-state index is 0.164. The monoisotopic (exact) mass is 137 g/mol. The molecule has 0 aliphatic rings. The average Bonchev–Trinajstić information content (AvgIpc) is 1.88. The SMILES string of the molecule is CC(N)Cc1cnccn1. The highest BCUT2D eigenvalue weighted by molar-refractivity contribution is 4.96. The van der Waals surface area contributed by atoms with Gasteiger partial charge in [-0.05, 0) is 6.92 Å². The zero-order valence-electron chi connectivity index (χ0n) is 5.99. The number of hydrogen-bond acceptors (Lipinski definition) is 3. The van der Waals surface area contributed by atoms with Gasteiger partial charge in [-0.2, -0.15) is 0 Å². The van der Waals surface area contributed by atoms with Gasteiger partial charge >= 0.3 is 0 Å². The largest absolute Gasteiger partial charge is 0.328 e. The molecule has 1 unspecified atom stereocenters. The van der Waals surface area contributed by atoms with E-state index in [1.54, 1.807) is 18.6 Å². The Morgan fingerprint density at radius 2 is 2.40 bits per heavy atom. The van der Waals surface area contributed by atoms with Crippen LogP contribution in [-0.4, -0.2) is 16.0 Å². The summed E-state index contributed by atoms with van der Waals surface area (Å²) >= 11 is 0. The molecule has 2 N–H and O–H groups in total. The lowest BCUT2D eigenvalue weighted by Crippen LogP contribution is -2.18. The van der Waals surface area contributed by atoms with Gasteiger partial charge in [0, 0.05) is 31.1 Å². The zero-order chi connectivity index (χ0) is 7.40. The molecule has 0 aliphatic heterocycles. The van der Waals surface area contributed by atoms with Crippen LogP contribution in [-0.2, 0) is 6.42 Å². The summed E-state index contributed by atoms with van der Waals surface area (Å²) < 4.78 is 0. The third-order valence-corrected chi connectivity index (χ3v) is 1.15. The van der Waals surface area contributed by atoms with E-state index < -0.39 is 0 Å². The highest BCUT2D eigenvalue weighted by Crippen LogP contribution is 1.93. The molecule has 1 aromatic heterocycles. The topological polar surface area (TPSA) is 51.8 Å². The van der Waals surface area contributed by atoms with Gasteiger partial charge in [-0.1, -0.05) is 0 Å². The summed E-state index contributed by atoms with van der Waals surface area (Å²) in [6.07, 6.45) is 5.87. The highest BCUT2D eigenvalue weighted by atomic mass is 14.8. The summed E-state index contributed by atoms with van der Waals surface area (Å²) in [5, 5.41) is 0. The predicted octanol–water partition coefficient (Wildman–Crippen LogP) is 0.366. The van der Waals surface area contributed by atoms with E-state index in [0.717, 1.165) is 12.1 Å². The van der Waals surface area contributed by atoms with Crippen LogP contribution in [0.5, 0.6) is 0 Å². The highest BCUT2D eigenvalue weighted by Gasteiger charge is 1.96. The van der Waals surface area contributed by atoms with Crippen molar-refractivity contribution in [1.29, 1.82) is 0 Å². The molecule has 0 aromatic carbocycles. The van der Waals surface area contributed by atoms with Crippen LogP contribution in [0.25, 0.3) is 0 Å². The Morgan fingerprint density at radius 1 is 1.60 bits per heavy atom. The first-order valence-electron chi connectivity index (χ1n) is 3.29. The third kappa shape index (κ3) is 2.11. The molecule has 1 aromatic rings. The first-order chi connectivity index (χ1) is 4.79. The fraction of sp³-hybridized carbons (Fsp3) is 0.429. The van der Waals surface area contributed by atoms with Crippen LogP contribution in [0.3, 0.4) is 0 Å². The maximum Gasteiger partial charge on any atom is 0.0601 e. The predicted molar refractivity (Wildman–Crippen MR) is 39.4 cm³/mol. The Hall–Kier alpha value is -0.960. The normalized spacial score (nSPS) is 13.0. The summed E-state index contributed by atoms with van der Waals surface area (Å²) in [7, 11) is 0. The Morgan fingerprint density at radius 3 is 2.90 bits per heavy atom. The van der Waals surface area contributed by atoms with E-state index in [1.807, 2.05) is 6.92 Å². The van der Waals surface area contributed by atoms with Crippen LogP contribution in [0.15, 0.2) is 18.6 Å². The van der Waals surface area contributed by atoms with E-state index in [0.29, 0.717) is 0 Å².